The topological polar surface area (TPSA) is 423 Å². The summed E-state index contributed by atoms with van der Waals surface area (Å²) in [4.78, 5) is 192. The molecule has 5 amide bonds. The molecule has 1 aliphatic heterocycles. The molecule has 150 heavy (non-hydrogen) atoms. The van der Waals surface area contributed by atoms with Crippen molar-refractivity contribution < 1.29 is 95.0 Å². The fourth-order valence-electron chi connectivity index (χ4n) is 13.4. The highest BCUT2D eigenvalue weighted by molar-refractivity contribution is 7.19. The molecule has 1 aliphatic rings. The van der Waals surface area contributed by atoms with E-state index in [4.69, 9.17) is 98.4 Å². The van der Waals surface area contributed by atoms with Gasteiger partial charge in [-0.15, -0.1) is 113 Å². The number of aryl methyl sites for hydroxylation is 10. The number of carbonyl (C=O) groups is 16. The van der Waals surface area contributed by atoms with Crippen molar-refractivity contribution in [2.45, 2.75) is 263 Å². The molecule has 10 aromatic heterocycles. The van der Waals surface area contributed by atoms with Crippen molar-refractivity contribution in [1.29, 1.82) is 0 Å². The van der Waals surface area contributed by atoms with Crippen LogP contribution >= 0.6 is 195 Å². The Balaban J connectivity index is 0.000000564. The fraction of sp³-hybridized carbons (Fsp3) is 0.467. The van der Waals surface area contributed by atoms with Gasteiger partial charge in [-0.25, -0.2) is 0 Å². The van der Waals surface area contributed by atoms with Crippen LogP contribution in [0, 0.1) is 84.6 Å². The lowest BCUT2D eigenvalue weighted by Gasteiger charge is -2.13. The molecule has 45 heteroatoms. The lowest BCUT2D eigenvalue weighted by molar-refractivity contribution is -0.121. The molecule has 0 aliphatic carbocycles. The molecule has 826 valence electrons. The minimum atomic E-state index is -0.550. The summed E-state index contributed by atoms with van der Waals surface area (Å²) in [5.74, 6) is -2.03. The van der Waals surface area contributed by atoms with Crippen LogP contribution in [-0.4, -0.2) is 170 Å². The summed E-state index contributed by atoms with van der Waals surface area (Å²) in [5.41, 5.74) is 19.5. The van der Waals surface area contributed by atoms with Crippen LogP contribution in [0.5, 0.6) is 0 Å². The minimum Gasteiger partial charge on any atom is -0.392 e. The van der Waals surface area contributed by atoms with Gasteiger partial charge in [0.1, 0.15) is 36.1 Å². The third kappa shape index (κ3) is 55.6. The number of unbranched alkanes of at least 4 members (excludes halogenated alkanes) is 3. The second-order valence-electron chi connectivity index (χ2n) is 34.1. The number of halogens is 10. The maximum atomic E-state index is 13.2. The van der Waals surface area contributed by atoms with Crippen LogP contribution in [0.4, 0.5) is 13.2 Å². The van der Waals surface area contributed by atoms with Gasteiger partial charge in [0.15, 0.2) is 73.2 Å². The summed E-state index contributed by atoms with van der Waals surface area (Å²) in [6.07, 6.45) is 13.6. The second kappa shape index (κ2) is 75.3. The van der Waals surface area contributed by atoms with Crippen molar-refractivity contribution >= 4 is 288 Å². The van der Waals surface area contributed by atoms with E-state index in [0.717, 1.165) is 160 Å². The smallest absolute Gasteiger partial charge is 0.220 e. The van der Waals surface area contributed by atoms with Gasteiger partial charge in [-0.05, 0) is 209 Å². The number of ketones is 11. The van der Waals surface area contributed by atoms with Crippen molar-refractivity contribution in [1.82, 2.24) is 26.2 Å². The Labute approximate surface area is 951 Å². The van der Waals surface area contributed by atoms with E-state index in [1.165, 1.54) is 111 Å². The number of rotatable bonds is 48. The number of aliphatic hydroxyl groups excluding tert-OH is 1. The van der Waals surface area contributed by atoms with Gasteiger partial charge in [0.25, 0.3) is 0 Å². The van der Waals surface area contributed by atoms with Crippen molar-refractivity contribution in [2.24, 2.45) is 17.2 Å². The van der Waals surface area contributed by atoms with Gasteiger partial charge in [0, 0.05) is 224 Å². The Bertz CT molecular complexity index is 5890. The highest BCUT2D eigenvalue weighted by atomic mass is 35.5. The SMILES string of the molecule is CCC(=O)CCCC(=O)c1cc(C)sc1Cl.CCCCCCC(=O)c1cc(C)sc1Cl.CNC(=O)CCC(=O)c1cc(C)sc1Cl.CNC(=O)CCC(=O)c1cc(C)sc1F.CNCCCC(=O)c1cc(C)sc1Cl.CNCCCC(=O)c1cc(C)sc1F.Cc1cc(C(=O)CCC(N)=O)c(Cl)s1.Cc1cc(C(=O)CCC(N)=O)c(F)s1.Cc1cc(C(=O)CCCC(N)=O)c(Cl)s1.Cc1cc(C(=O)CCCN2CCC(O)C2)c(Cl)s1. The van der Waals surface area contributed by atoms with Crippen LogP contribution in [-0.2, 0) is 28.8 Å². The highest BCUT2D eigenvalue weighted by Crippen LogP contribution is 2.36. The van der Waals surface area contributed by atoms with E-state index < -0.39 is 22.1 Å². The third-order valence-electron chi connectivity index (χ3n) is 21.1. The molecule has 11 heterocycles. The number of primary amides is 3. The first-order chi connectivity index (χ1) is 70.6. The normalized spacial score (nSPS) is 11.5. The summed E-state index contributed by atoms with van der Waals surface area (Å²) in [5, 5.41) is 18.9. The summed E-state index contributed by atoms with van der Waals surface area (Å²) >= 11 is 54.4. The number of β-amino-alcohol motifs (C(OH)–C–C–N with tert-alkyl or cyclic N) is 1. The maximum Gasteiger partial charge on any atom is 0.220 e. The van der Waals surface area contributed by atoms with Crippen LogP contribution in [0.3, 0.4) is 0 Å². The van der Waals surface area contributed by atoms with Crippen molar-refractivity contribution in [3.8, 4) is 0 Å². The zero-order chi connectivity index (χ0) is 113. The first kappa shape index (κ1) is 138. The summed E-state index contributed by atoms with van der Waals surface area (Å²) in [6.45, 7) is 27.0. The first-order valence-electron chi connectivity index (χ1n) is 48.0. The van der Waals surface area contributed by atoms with E-state index in [1.807, 2.05) is 93.8 Å². The van der Waals surface area contributed by atoms with Crippen molar-refractivity contribution in [3.05, 3.63) is 211 Å². The van der Waals surface area contributed by atoms with Gasteiger partial charge in [-0.3, -0.25) is 76.7 Å². The fourth-order valence-corrected chi connectivity index (χ4v) is 24.5. The summed E-state index contributed by atoms with van der Waals surface area (Å²) in [7, 11) is 6.77. The van der Waals surface area contributed by atoms with Crippen molar-refractivity contribution in [3.63, 3.8) is 0 Å². The molecule has 0 bridgehead atoms. The molecule has 1 fully saturated rings. The second-order valence-corrected chi connectivity index (χ2v) is 50.7. The molecule has 0 spiro atoms. The average Bonchev–Trinajstić information content (AvgIpc) is 2.16. The van der Waals surface area contributed by atoms with Crippen LogP contribution < -0.4 is 38.5 Å². The van der Waals surface area contributed by atoms with Gasteiger partial charge in [-0.1, -0.05) is 114 Å². The zero-order valence-electron chi connectivity index (χ0n) is 87.0. The monoisotopic (exact) mass is 2400 g/mol. The van der Waals surface area contributed by atoms with Crippen molar-refractivity contribution in [2.75, 3.05) is 60.9 Å². The van der Waals surface area contributed by atoms with Gasteiger partial charge >= 0.3 is 0 Å². The third-order valence-corrected chi connectivity index (χ3v) is 32.6. The van der Waals surface area contributed by atoms with Gasteiger partial charge in [0.05, 0.1) is 22.8 Å². The molecular weight excluding hydrogens is 2270 g/mol. The molecule has 0 saturated carbocycles. The summed E-state index contributed by atoms with van der Waals surface area (Å²) < 4.78 is 43.3. The van der Waals surface area contributed by atoms with E-state index in [2.05, 4.69) is 33.1 Å². The number of thiophene rings is 10. The number of likely N-dealkylation sites (tertiary alicyclic amines) is 1. The number of aliphatic hydroxyl groups is 1. The van der Waals surface area contributed by atoms with Gasteiger partial charge in [0.2, 0.25) is 29.5 Å². The zero-order valence-corrected chi connectivity index (χ0v) is 100. The Kier molecular flexibility index (Phi) is 69.5. The minimum absolute atomic E-state index is 0.0226. The molecule has 1 unspecified atom stereocenters. The molecule has 11 N–H and O–H groups in total. The van der Waals surface area contributed by atoms with E-state index in [0.29, 0.717) is 128 Å². The molecule has 1 atom stereocenters. The predicted molar refractivity (Wildman–Crippen MR) is 616 cm³/mol. The number of hydrogen-bond acceptors (Lipinski definition) is 30. The Hall–Kier alpha value is -7.62. The quantitative estimate of drug-likeness (QED) is 0.0130. The maximum absolute atomic E-state index is 13.2. The molecule has 0 radical (unpaired) electrons. The molecule has 11 rings (SSSR count). The first-order valence-corrected chi connectivity index (χ1v) is 58.8. The van der Waals surface area contributed by atoms with Crippen LogP contribution in [0.2, 0.25) is 30.4 Å². The predicted octanol–water partition coefficient (Wildman–Crippen LogP) is 27.6. The molecule has 0 aromatic carbocycles. The number of hydrogen-bond donors (Lipinski definition) is 8. The van der Waals surface area contributed by atoms with E-state index in [9.17, 15) is 95.0 Å². The number of nitrogens with zero attached hydrogens (tertiary/aromatic N) is 1. The number of nitrogens with two attached hydrogens (primary N) is 3. The molecule has 10 aromatic rings. The molecule has 25 nitrogen and oxygen atoms in total. The lowest BCUT2D eigenvalue weighted by Crippen LogP contribution is -2.23. The lowest BCUT2D eigenvalue weighted by atomic mass is 10.1. The molecule has 1 saturated heterocycles. The standard InChI is InChI=1S/C13H18ClNO2S.C12H15ClO2S.C12H17ClOS.2C10H12ClNO2S.C10H14ClNOS.C10H12FNO2S.C10H14FNOS.C9H10ClNO2S.C9H10FNO2S/c1-9-7-11(13(14)18-9)12(17)3-2-5-15-6-4-10(16)8-15;1-3-9(14)5-4-6-11(15)10-7-8(2)16-12(10)13;1-3-4-5-6-7-11(14)10-8-9(2)15-12(10)13;1-6-5-7(10(11)15-6)8(13)3-4-9(14)12-2;1-6-5-7(10(11)15-6)8(13)3-2-4-9(12)14;1-7-6-8(10(11)14-7)9(13)4-3-5-12-2;1-6-5-7(10(11)15-6)8(13)3-4-9(14)12-2;1-7-6-8(10(11)14-7)9(13)4-3-5-12-2;2*1-5-4-6(9(10)14-5)7(12)2-3-8(11)13/h7,10,16H,2-6,8H2,1H3;7H,3-6H2,1-2H3;8H,3-7H2,1-2H3;5H,3-4H2,1-2H3,(H,12,14);5H,2-4H2,1H3,(H2,12,14);6,12H,3-5H2,1-2H3;5H,3-4H2,1-2H3,(H,12,14);6,12H,3-5H2,1-2H3;2*4H,2-3H2,1H3,(H2,11,13). The Morgan fingerprint density at radius 2 is 0.540 bits per heavy atom. The number of Topliss-reactive ketones (excluding diaryl/α,β-unsaturated/α-hetero) is 11. The van der Waals surface area contributed by atoms with Gasteiger partial charge in [-0.2, -0.15) is 13.2 Å². The van der Waals surface area contributed by atoms with Crippen LogP contribution in [0.15, 0.2) is 60.7 Å². The number of nitrogens with one attached hydrogen (secondary N) is 4. The largest absolute Gasteiger partial charge is 0.392 e. The van der Waals surface area contributed by atoms with Gasteiger partial charge < -0.3 is 48.5 Å². The average molecular weight is 2410 g/mol. The highest BCUT2D eigenvalue weighted by Gasteiger charge is 2.25. The Morgan fingerprint density at radius 3 is 0.767 bits per heavy atom. The van der Waals surface area contributed by atoms with Crippen LogP contribution in [0.1, 0.15) is 340 Å². The Morgan fingerprint density at radius 1 is 0.307 bits per heavy atom. The summed E-state index contributed by atoms with van der Waals surface area (Å²) in [6, 6.07) is 17.4. The van der Waals surface area contributed by atoms with E-state index in [-0.39, 0.29) is 167 Å². The van der Waals surface area contributed by atoms with E-state index in [1.54, 1.807) is 52.1 Å². The van der Waals surface area contributed by atoms with E-state index >= 15 is 0 Å². The number of amides is 5. The molecular formula is C105H134Cl7F3N8O17S10. The number of carbonyl (C=O) groups excluding carboxylic acids is 16. The van der Waals surface area contributed by atoms with Crippen LogP contribution in [0.25, 0.3) is 0 Å².